The van der Waals surface area contributed by atoms with Crippen molar-refractivity contribution in [2.24, 2.45) is 0 Å². The van der Waals surface area contributed by atoms with E-state index >= 15 is 0 Å². The van der Waals surface area contributed by atoms with Crippen LogP contribution in [0.2, 0.25) is 0 Å². The number of halogens is 1. The van der Waals surface area contributed by atoms with Crippen LogP contribution < -0.4 is 24.2 Å². The lowest BCUT2D eigenvalue weighted by Crippen LogP contribution is -2.32. The van der Waals surface area contributed by atoms with E-state index in [9.17, 15) is 12.8 Å². The number of methoxy groups -OCH3 is 2. The molecule has 0 aliphatic rings. The van der Waals surface area contributed by atoms with E-state index in [1.165, 1.54) is 32.4 Å². The number of benzene rings is 2. The van der Waals surface area contributed by atoms with Gasteiger partial charge in [0.25, 0.3) is 0 Å². The summed E-state index contributed by atoms with van der Waals surface area (Å²) in [5, 5.41) is 12.2. The van der Waals surface area contributed by atoms with Crippen molar-refractivity contribution >= 4 is 10.0 Å². The van der Waals surface area contributed by atoms with Gasteiger partial charge >= 0.3 is 0 Å². The van der Waals surface area contributed by atoms with Gasteiger partial charge in [-0.15, -0.1) is 0 Å². The van der Waals surface area contributed by atoms with Gasteiger partial charge in [-0.3, -0.25) is 0 Å². The van der Waals surface area contributed by atoms with Gasteiger partial charge in [-0.1, -0.05) is 6.07 Å². The predicted octanol–water partition coefficient (Wildman–Crippen LogP) is 1.71. The monoisotopic (exact) mass is 456 g/mol. The van der Waals surface area contributed by atoms with E-state index in [-0.39, 0.29) is 29.8 Å². The third kappa shape index (κ3) is 7.35. The van der Waals surface area contributed by atoms with Crippen molar-refractivity contribution in [3.05, 3.63) is 47.8 Å². The highest BCUT2D eigenvalue weighted by atomic mass is 32.2. The van der Waals surface area contributed by atoms with E-state index in [2.05, 4.69) is 10.0 Å². The van der Waals surface area contributed by atoms with Crippen LogP contribution in [0.15, 0.2) is 41.3 Å². The molecule has 2 rings (SSSR count). The predicted molar refractivity (Wildman–Crippen MR) is 115 cm³/mol. The van der Waals surface area contributed by atoms with E-state index in [4.69, 9.17) is 19.3 Å². The minimum absolute atomic E-state index is 0.0207. The topological polar surface area (TPSA) is 106 Å². The van der Waals surface area contributed by atoms with Crippen LogP contribution in [-0.2, 0) is 16.4 Å². The highest BCUT2D eigenvalue weighted by Gasteiger charge is 2.20. The second-order valence-electron chi connectivity index (χ2n) is 6.81. The summed E-state index contributed by atoms with van der Waals surface area (Å²) in [4.78, 5) is 0.0229. The molecule has 0 heterocycles. The van der Waals surface area contributed by atoms with Gasteiger partial charge in [-0.05, 0) is 43.2 Å². The van der Waals surface area contributed by atoms with Crippen LogP contribution >= 0.6 is 0 Å². The first-order chi connectivity index (χ1) is 14.8. The van der Waals surface area contributed by atoms with E-state index in [0.29, 0.717) is 31.1 Å². The average molecular weight is 457 g/mol. The summed E-state index contributed by atoms with van der Waals surface area (Å²) in [6.45, 7) is 2.39. The fourth-order valence-electron chi connectivity index (χ4n) is 2.97. The Morgan fingerprint density at radius 3 is 2.42 bits per heavy atom. The van der Waals surface area contributed by atoms with Crippen LogP contribution in [0, 0.1) is 5.82 Å². The Labute approximate surface area is 182 Å². The Morgan fingerprint density at radius 1 is 1.03 bits per heavy atom. The maximum Gasteiger partial charge on any atom is 0.244 e. The second kappa shape index (κ2) is 11.8. The number of aliphatic hydroxyl groups is 1. The molecule has 10 heteroatoms. The first kappa shape index (κ1) is 24.9. The molecule has 0 bridgehead atoms. The van der Waals surface area contributed by atoms with Crippen molar-refractivity contribution in [2.75, 3.05) is 40.5 Å². The highest BCUT2D eigenvalue weighted by Crippen LogP contribution is 2.27. The fourth-order valence-corrected chi connectivity index (χ4v) is 4.21. The van der Waals surface area contributed by atoms with Gasteiger partial charge in [0.2, 0.25) is 10.0 Å². The van der Waals surface area contributed by atoms with Crippen LogP contribution in [-0.4, -0.2) is 60.1 Å². The Bertz CT molecular complexity index is 955. The summed E-state index contributed by atoms with van der Waals surface area (Å²) in [6.07, 6.45) is 0.565. The zero-order valence-electron chi connectivity index (χ0n) is 17.9. The number of sulfonamides is 1. The molecule has 0 aromatic heterocycles. The third-order valence-electron chi connectivity index (χ3n) is 4.44. The third-order valence-corrected chi connectivity index (χ3v) is 5.92. The quantitative estimate of drug-likeness (QED) is 0.394. The van der Waals surface area contributed by atoms with Crippen molar-refractivity contribution < 1.29 is 32.1 Å². The lowest BCUT2D eigenvalue weighted by Gasteiger charge is -2.17. The minimum Gasteiger partial charge on any atom is -0.495 e. The summed E-state index contributed by atoms with van der Waals surface area (Å²) in [7, 11) is -0.913. The van der Waals surface area contributed by atoms with Gasteiger partial charge < -0.3 is 24.6 Å². The largest absolute Gasteiger partial charge is 0.495 e. The molecule has 8 nitrogen and oxygen atoms in total. The second-order valence-corrected chi connectivity index (χ2v) is 8.54. The fraction of sp³-hybridized carbons (Fsp3) is 0.429. The number of rotatable bonds is 13. The van der Waals surface area contributed by atoms with Crippen LogP contribution in [0.5, 0.6) is 17.2 Å². The molecule has 1 unspecified atom stereocenters. The molecular weight excluding hydrogens is 427 g/mol. The number of aliphatic hydroxyl groups excluding tert-OH is 1. The molecule has 172 valence electrons. The summed E-state index contributed by atoms with van der Waals surface area (Å²) in [5.41, 5.74) is 0.804. The smallest absolute Gasteiger partial charge is 0.244 e. The molecule has 0 saturated heterocycles. The maximum atomic E-state index is 13.4. The van der Waals surface area contributed by atoms with Crippen LogP contribution in [0.3, 0.4) is 0 Å². The van der Waals surface area contributed by atoms with Crippen LogP contribution in [0.25, 0.3) is 0 Å². The van der Waals surface area contributed by atoms with Crippen LogP contribution in [0.1, 0.15) is 12.5 Å². The lowest BCUT2D eigenvalue weighted by molar-refractivity contribution is 0.285. The summed E-state index contributed by atoms with van der Waals surface area (Å²) < 4.78 is 56.5. The van der Waals surface area contributed by atoms with Gasteiger partial charge in [0.15, 0.2) is 11.5 Å². The molecule has 0 aliphatic carbocycles. The van der Waals surface area contributed by atoms with Crippen molar-refractivity contribution in [3.63, 3.8) is 0 Å². The average Bonchev–Trinajstić information content (AvgIpc) is 2.75. The van der Waals surface area contributed by atoms with Gasteiger partial charge in [0.1, 0.15) is 23.1 Å². The van der Waals surface area contributed by atoms with Gasteiger partial charge in [0.05, 0.1) is 20.8 Å². The Balaban J connectivity index is 1.94. The lowest BCUT2D eigenvalue weighted by atomic mass is 10.1. The van der Waals surface area contributed by atoms with Crippen molar-refractivity contribution in [1.82, 2.24) is 10.0 Å². The molecular formula is C21H29FN2O6S. The molecule has 0 aliphatic heterocycles. The van der Waals surface area contributed by atoms with E-state index in [0.717, 1.165) is 5.56 Å². The molecule has 31 heavy (non-hydrogen) atoms. The standard InChI is InChI=1S/C21H29FN2O6S/c1-15(23-9-11-30-20-14-17(22)5-7-18(20)28-2)12-16-4-6-19(29-3)21(13-16)31(26,27)24-8-10-25/h4-7,13-15,23-25H,8-12H2,1-3H3. The first-order valence-electron chi connectivity index (χ1n) is 9.78. The van der Waals surface area contributed by atoms with E-state index in [1.807, 2.05) is 6.92 Å². The molecule has 2 aromatic rings. The van der Waals surface area contributed by atoms with Crippen LogP contribution in [0.4, 0.5) is 4.39 Å². The molecule has 0 amide bonds. The molecule has 0 saturated carbocycles. The Morgan fingerprint density at radius 2 is 1.74 bits per heavy atom. The molecule has 0 radical (unpaired) electrons. The molecule has 1 atom stereocenters. The number of nitrogens with one attached hydrogen (secondary N) is 2. The molecule has 0 fully saturated rings. The highest BCUT2D eigenvalue weighted by molar-refractivity contribution is 7.89. The maximum absolute atomic E-state index is 13.4. The molecule has 2 aromatic carbocycles. The normalized spacial score (nSPS) is 12.4. The first-order valence-corrected chi connectivity index (χ1v) is 11.3. The van der Waals surface area contributed by atoms with Crippen molar-refractivity contribution in [3.8, 4) is 17.2 Å². The number of hydrogen-bond acceptors (Lipinski definition) is 7. The zero-order valence-corrected chi connectivity index (χ0v) is 18.7. The zero-order chi connectivity index (χ0) is 22.9. The van der Waals surface area contributed by atoms with Gasteiger partial charge in [-0.25, -0.2) is 17.5 Å². The summed E-state index contributed by atoms with van der Waals surface area (Å²) in [5.74, 6) is 0.608. The van der Waals surface area contributed by atoms with Crippen molar-refractivity contribution in [2.45, 2.75) is 24.3 Å². The van der Waals surface area contributed by atoms with E-state index < -0.39 is 15.8 Å². The van der Waals surface area contributed by atoms with Gasteiger partial charge in [-0.2, -0.15) is 0 Å². The van der Waals surface area contributed by atoms with E-state index in [1.54, 1.807) is 18.2 Å². The Kier molecular flexibility index (Phi) is 9.50. The molecule has 3 N–H and O–H groups in total. The minimum atomic E-state index is -3.80. The molecule has 0 spiro atoms. The SMILES string of the molecule is COc1ccc(F)cc1OCCNC(C)Cc1ccc(OC)c(S(=O)(=O)NCCO)c1. The summed E-state index contributed by atoms with van der Waals surface area (Å²) >= 11 is 0. The Hall–Kier alpha value is -2.40. The summed E-state index contributed by atoms with van der Waals surface area (Å²) in [6, 6.07) is 9.06. The number of hydrogen-bond donors (Lipinski definition) is 3. The van der Waals surface area contributed by atoms with Gasteiger partial charge in [0, 0.05) is 25.2 Å². The van der Waals surface area contributed by atoms with Crippen molar-refractivity contribution in [1.29, 1.82) is 0 Å². The number of ether oxygens (including phenoxy) is 3.